The van der Waals surface area contributed by atoms with Crippen LogP contribution >= 0.6 is 0 Å². The van der Waals surface area contributed by atoms with Gasteiger partial charge < -0.3 is 15.0 Å². The lowest BCUT2D eigenvalue weighted by Gasteiger charge is -2.36. The molecule has 2 aromatic rings. The van der Waals surface area contributed by atoms with Crippen LogP contribution in [0.15, 0.2) is 36.7 Å². The Morgan fingerprint density at radius 2 is 2.16 bits per heavy atom. The summed E-state index contributed by atoms with van der Waals surface area (Å²) in [5, 5.41) is 3.22. The molecule has 1 fully saturated rings. The van der Waals surface area contributed by atoms with Crippen molar-refractivity contribution in [2.45, 2.75) is 38.6 Å². The van der Waals surface area contributed by atoms with Gasteiger partial charge in [0.1, 0.15) is 18.0 Å². The molecule has 1 aliphatic heterocycles. The van der Waals surface area contributed by atoms with E-state index in [0.29, 0.717) is 23.1 Å². The molecule has 0 aliphatic carbocycles. The molecule has 1 N–H and O–H groups in total. The number of piperidine rings is 1. The van der Waals surface area contributed by atoms with Crippen molar-refractivity contribution in [2.24, 2.45) is 0 Å². The molecule has 1 aromatic carbocycles. The van der Waals surface area contributed by atoms with Crippen LogP contribution in [0.25, 0.3) is 0 Å². The van der Waals surface area contributed by atoms with Crippen molar-refractivity contribution >= 4 is 23.3 Å². The van der Waals surface area contributed by atoms with E-state index in [9.17, 15) is 4.79 Å². The third-order valence-electron chi connectivity index (χ3n) is 4.64. The normalized spacial score (nSPS) is 17.2. The van der Waals surface area contributed by atoms with Crippen molar-refractivity contribution in [3.63, 3.8) is 0 Å². The van der Waals surface area contributed by atoms with Crippen molar-refractivity contribution in [3.8, 4) is 0 Å². The number of anilines is 3. The van der Waals surface area contributed by atoms with Crippen LogP contribution in [0.1, 0.15) is 43.0 Å². The maximum Gasteiger partial charge on any atom is 0.339 e. The monoisotopic (exact) mass is 340 g/mol. The van der Waals surface area contributed by atoms with E-state index >= 15 is 0 Å². The molecule has 0 spiro atoms. The van der Waals surface area contributed by atoms with Gasteiger partial charge in [-0.1, -0.05) is 19.1 Å². The molecule has 1 unspecified atom stereocenters. The fraction of sp³-hybridized carbons (Fsp3) is 0.421. The van der Waals surface area contributed by atoms with Crippen molar-refractivity contribution in [2.75, 3.05) is 23.9 Å². The van der Waals surface area contributed by atoms with Gasteiger partial charge in [-0.2, -0.15) is 0 Å². The van der Waals surface area contributed by atoms with Crippen molar-refractivity contribution in [1.29, 1.82) is 0 Å². The van der Waals surface area contributed by atoms with Gasteiger partial charge in [0.05, 0.1) is 18.4 Å². The molecule has 0 bridgehead atoms. The average molecular weight is 340 g/mol. The maximum absolute atomic E-state index is 11.9. The molecule has 2 heterocycles. The quantitative estimate of drug-likeness (QED) is 0.836. The van der Waals surface area contributed by atoms with Gasteiger partial charge in [0.25, 0.3) is 0 Å². The average Bonchev–Trinajstić information content (AvgIpc) is 2.68. The van der Waals surface area contributed by atoms with Gasteiger partial charge in [0.2, 0.25) is 0 Å². The molecule has 0 amide bonds. The number of esters is 1. The highest BCUT2D eigenvalue weighted by atomic mass is 16.5. The van der Waals surface area contributed by atoms with Crippen LogP contribution < -0.4 is 10.2 Å². The number of ether oxygens (including phenoxy) is 1. The molecule has 1 saturated heterocycles. The number of rotatable bonds is 5. The van der Waals surface area contributed by atoms with Crippen molar-refractivity contribution in [1.82, 2.24) is 9.97 Å². The van der Waals surface area contributed by atoms with Gasteiger partial charge in [-0.3, -0.25) is 0 Å². The highest BCUT2D eigenvalue weighted by Gasteiger charge is 2.22. The summed E-state index contributed by atoms with van der Waals surface area (Å²) in [5.74, 6) is 1.22. The summed E-state index contributed by atoms with van der Waals surface area (Å²) in [4.78, 5) is 23.0. The molecule has 1 aromatic heterocycles. The summed E-state index contributed by atoms with van der Waals surface area (Å²) >= 11 is 0. The Morgan fingerprint density at radius 3 is 2.96 bits per heavy atom. The Balaban J connectivity index is 1.84. The van der Waals surface area contributed by atoms with E-state index < -0.39 is 0 Å². The first-order valence-electron chi connectivity index (χ1n) is 8.76. The van der Waals surface area contributed by atoms with Crippen LogP contribution in [0.5, 0.6) is 0 Å². The molecule has 1 aliphatic rings. The van der Waals surface area contributed by atoms with Crippen molar-refractivity contribution in [3.05, 3.63) is 42.2 Å². The molecule has 6 heteroatoms. The van der Waals surface area contributed by atoms with E-state index in [1.807, 2.05) is 24.3 Å². The largest absolute Gasteiger partial charge is 0.465 e. The van der Waals surface area contributed by atoms with Crippen molar-refractivity contribution < 1.29 is 9.53 Å². The second kappa shape index (κ2) is 7.96. The minimum Gasteiger partial charge on any atom is -0.465 e. The van der Waals surface area contributed by atoms with Gasteiger partial charge in [-0.15, -0.1) is 0 Å². The summed E-state index contributed by atoms with van der Waals surface area (Å²) in [7, 11) is 1.38. The van der Waals surface area contributed by atoms with E-state index in [2.05, 4.69) is 27.1 Å². The maximum atomic E-state index is 11.9. The topological polar surface area (TPSA) is 67.4 Å². The standard InChI is InChI=1S/C19H24N4O2/c1-3-14-8-6-7-11-23(14)18-12-17(20-13-21-18)22-16-10-5-4-9-15(16)19(24)25-2/h4-5,9-10,12-14H,3,6-8,11H2,1-2H3,(H,20,21,22). The van der Waals surface area contributed by atoms with E-state index in [1.165, 1.54) is 26.4 Å². The summed E-state index contributed by atoms with van der Waals surface area (Å²) < 4.78 is 4.84. The van der Waals surface area contributed by atoms with E-state index in [1.54, 1.807) is 12.4 Å². The van der Waals surface area contributed by atoms with Crippen LogP contribution in [-0.2, 0) is 4.74 Å². The van der Waals surface area contributed by atoms with Gasteiger partial charge in [-0.25, -0.2) is 14.8 Å². The number of carbonyl (C=O) groups excluding carboxylic acids is 1. The molecule has 0 radical (unpaired) electrons. The molecule has 3 rings (SSSR count). The second-order valence-electron chi connectivity index (χ2n) is 6.17. The number of hydrogen-bond acceptors (Lipinski definition) is 6. The fourth-order valence-corrected chi connectivity index (χ4v) is 3.32. The van der Waals surface area contributed by atoms with Crippen LogP contribution in [0, 0.1) is 0 Å². The lowest BCUT2D eigenvalue weighted by atomic mass is 10.0. The van der Waals surface area contributed by atoms with E-state index in [0.717, 1.165) is 18.8 Å². The predicted octanol–water partition coefficient (Wildman–Crippen LogP) is 3.78. The number of nitrogens with one attached hydrogen (secondary N) is 1. The SMILES string of the molecule is CCC1CCCCN1c1cc(Nc2ccccc2C(=O)OC)ncn1. The number of aromatic nitrogens is 2. The highest BCUT2D eigenvalue weighted by Crippen LogP contribution is 2.27. The Morgan fingerprint density at radius 1 is 1.32 bits per heavy atom. The van der Waals surface area contributed by atoms with Crippen LogP contribution in [0.4, 0.5) is 17.3 Å². The number of para-hydroxylation sites is 1. The fourth-order valence-electron chi connectivity index (χ4n) is 3.32. The summed E-state index contributed by atoms with van der Waals surface area (Å²) in [6.45, 7) is 3.24. The Labute approximate surface area is 148 Å². The zero-order valence-electron chi connectivity index (χ0n) is 14.7. The van der Waals surface area contributed by atoms with Crippen LogP contribution in [0.2, 0.25) is 0 Å². The zero-order chi connectivity index (χ0) is 17.6. The summed E-state index contributed by atoms with van der Waals surface area (Å²) in [5.41, 5.74) is 1.15. The smallest absolute Gasteiger partial charge is 0.339 e. The minimum absolute atomic E-state index is 0.376. The van der Waals surface area contributed by atoms with Gasteiger partial charge in [-0.05, 0) is 37.8 Å². The lowest BCUT2D eigenvalue weighted by Crippen LogP contribution is -2.39. The van der Waals surface area contributed by atoms with E-state index in [-0.39, 0.29) is 5.97 Å². The zero-order valence-corrected chi connectivity index (χ0v) is 14.7. The van der Waals surface area contributed by atoms with Crippen LogP contribution in [-0.4, -0.2) is 35.6 Å². The van der Waals surface area contributed by atoms with Gasteiger partial charge in [0.15, 0.2) is 0 Å². The molecular weight excluding hydrogens is 316 g/mol. The first-order valence-corrected chi connectivity index (χ1v) is 8.76. The molecule has 132 valence electrons. The van der Waals surface area contributed by atoms with Gasteiger partial charge >= 0.3 is 5.97 Å². The first-order chi connectivity index (χ1) is 12.2. The first kappa shape index (κ1) is 17.2. The second-order valence-corrected chi connectivity index (χ2v) is 6.17. The molecule has 1 atom stereocenters. The molecule has 0 saturated carbocycles. The van der Waals surface area contributed by atoms with E-state index in [4.69, 9.17) is 4.74 Å². The third-order valence-corrected chi connectivity index (χ3v) is 4.64. The lowest BCUT2D eigenvalue weighted by molar-refractivity contribution is 0.0602. The molecule has 6 nitrogen and oxygen atoms in total. The Kier molecular flexibility index (Phi) is 5.48. The predicted molar refractivity (Wildman–Crippen MR) is 98.4 cm³/mol. The highest BCUT2D eigenvalue weighted by molar-refractivity contribution is 5.96. The van der Waals surface area contributed by atoms with Crippen LogP contribution in [0.3, 0.4) is 0 Å². The summed E-state index contributed by atoms with van der Waals surface area (Å²) in [6.07, 6.45) is 6.35. The molecular formula is C19H24N4O2. The number of benzene rings is 1. The minimum atomic E-state index is -0.376. The Hall–Kier alpha value is -2.63. The number of nitrogens with zero attached hydrogens (tertiary/aromatic N) is 3. The summed E-state index contributed by atoms with van der Waals surface area (Å²) in [6, 6.07) is 9.72. The number of carbonyl (C=O) groups is 1. The Bertz CT molecular complexity index is 735. The third kappa shape index (κ3) is 3.90. The number of methoxy groups -OCH3 is 1. The molecule has 25 heavy (non-hydrogen) atoms. The number of hydrogen-bond donors (Lipinski definition) is 1. The van der Waals surface area contributed by atoms with Gasteiger partial charge in [0, 0.05) is 18.7 Å².